The van der Waals surface area contributed by atoms with E-state index < -0.39 is 17.3 Å². The van der Waals surface area contributed by atoms with Gasteiger partial charge in [0.1, 0.15) is 0 Å². The minimum absolute atomic E-state index is 1.53. The molecule has 0 aromatic carbocycles. The van der Waals surface area contributed by atoms with Gasteiger partial charge in [-0.2, -0.15) is 8.42 Å². The van der Waals surface area contributed by atoms with Gasteiger partial charge in [0.25, 0.3) is 0 Å². The highest BCUT2D eigenvalue weighted by Crippen LogP contribution is 1.82. The van der Waals surface area contributed by atoms with Gasteiger partial charge in [-0.25, -0.2) is 8.57 Å². The predicted molar refractivity (Wildman–Crippen MR) is 18.6 cm³/mol. The van der Waals surface area contributed by atoms with Crippen LogP contribution >= 0.6 is 0 Å². The maximum absolute atomic E-state index is 10.7. The van der Waals surface area contributed by atoms with Gasteiger partial charge in [-0.05, 0) is 0 Å². The van der Waals surface area contributed by atoms with Crippen molar-refractivity contribution in [1.29, 1.82) is 0 Å². The molecule has 0 aromatic rings. The van der Waals surface area contributed by atoms with Crippen LogP contribution in [0.25, 0.3) is 0 Å². The Morgan fingerprint density at radius 1 is 1.71 bits per heavy atom. The molecule has 0 atom stereocenters. The Hall–Kier alpha value is -0.200. The molecule has 6 heteroatoms. The molecule has 0 saturated carbocycles. The van der Waals surface area contributed by atoms with Crippen molar-refractivity contribution < 1.29 is 21.5 Å². The zero-order valence-corrected chi connectivity index (χ0v) is 3.98. The summed E-state index contributed by atoms with van der Waals surface area (Å²) in [6.07, 6.45) is 0. The minimum Gasteiger partial charge on any atom is -0.263 e. The number of rotatable bonds is 2. The summed E-state index contributed by atoms with van der Waals surface area (Å²) in [4.78, 5) is 0. The first-order valence-corrected chi connectivity index (χ1v) is 2.60. The summed E-state index contributed by atoms with van der Waals surface area (Å²) in [7, 11) is -4.55. The van der Waals surface area contributed by atoms with Gasteiger partial charge in [0.15, 0.2) is 0 Å². The highest BCUT2D eigenvalue weighted by Gasteiger charge is 1.99. The molecule has 0 fully saturated rings. The lowest BCUT2D eigenvalue weighted by Crippen LogP contribution is -2.00. The van der Waals surface area contributed by atoms with Gasteiger partial charge < -0.3 is 0 Å². The topological polar surface area (TPSA) is 63.6 Å². The van der Waals surface area contributed by atoms with Crippen molar-refractivity contribution >= 4 is 10.4 Å². The van der Waals surface area contributed by atoms with Crippen LogP contribution in [0.3, 0.4) is 0 Å². The lowest BCUT2D eigenvalue weighted by molar-refractivity contribution is 0.175. The van der Waals surface area contributed by atoms with E-state index in [-0.39, 0.29) is 0 Å². The zero-order valence-electron chi connectivity index (χ0n) is 3.17. The van der Waals surface area contributed by atoms with Gasteiger partial charge >= 0.3 is 10.4 Å². The van der Waals surface area contributed by atoms with Gasteiger partial charge in [0, 0.05) is 0 Å². The Labute approximate surface area is 39.9 Å². The maximum Gasteiger partial charge on any atom is 0.399 e. The fraction of sp³-hybridized carbons (Fsp3) is 1.00. The van der Waals surface area contributed by atoms with Crippen molar-refractivity contribution in [2.75, 3.05) is 6.86 Å². The second-order valence-electron chi connectivity index (χ2n) is 0.655. The Bertz CT molecular complexity index is 125. The van der Waals surface area contributed by atoms with Crippen molar-refractivity contribution in [3.63, 3.8) is 0 Å². The number of halogens is 1. The first-order valence-electron chi connectivity index (χ1n) is 1.24. The Morgan fingerprint density at radius 2 is 2.14 bits per heavy atom. The molecule has 0 bridgehead atoms. The van der Waals surface area contributed by atoms with E-state index in [1.54, 1.807) is 0 Å². The van der Waals surface area contributed by atoms with E-state index in [2.05, 4.69) is 4.18 Å². The van der Waals surface area contributed by atoms with Gasteiger partial charge in [-0.3, -0.25) is 4.55 Å². The lowest BCUT2D eigenvalue weighted by Gasteiger charge is -1.86. The number of hydrogen-bond donors (Lipinski definition) is 1. The van der Waals surface area contributed by atoms with E-state index in [1.165, 1.54) is 0 Å². The molecule has 0 saturated heterocycles. The fourth-order valence-corrected chi connectivity index (χ4v) is 0.169. The van der Waals surface area contributed by atoms with Crippen LogP contribution in [0.1, 0.15) is 0 Å². The maximum atomic E-state index is 10.7. The van der Waals surface area contributed by atoms with Crippen molar-refractivity contribution in [3.8, 4) is 0 Å². The van der Waals surface area contributed by atoms with E-state index >= 15 is 0 Å². The largest absolute Gasteiger partial charge is 0.399 e. The van der Waals surface area contributed by atoms with E-state index in [9.17, 15) is 12.8 Å². The predicted octanol–water partition coefficient (Wildman–Crippen LogP) is -0.267. The molecule has 0 aliphatic heterocycles. The van der Waals surface area contributed by atoms with Crippen LogP contribution < -0.4 is 0 Å². The molecule has 1 N–H and O–H groups in total. The SMILES string of the molecule is O=S(=O)(O)OCF. The lowest BCUT2D eigenvalue weighted by atomic mass is 11.6. The molecule has 0 amide bonds. The number of alkyl halides is 1. The van der Waals surface area contributed by atoms with Crippen molar-refractivity contribution in [2.24, 2.45) is 0 Å². The van der Waals surface area contributed by atoms with E-state index in [1.807, 2.05) is 0 Å². The summed E-state index contributed by atoms with van der Waals surface area (Å²) in [5.41, 5.74) is 0. The molecule has 0 rings (SSSR count). The number of hydrogen-bond acceptors (Lipinski definition) is 3. The second kappa shape index (κ2) is 2.20. The summed E-state index contributed by atoms with van der Waals surface area (Å²) in [5, 5.41) is 0. The molecule has 0 radical (unpaired) electrons. The Kier molecular flexibility index (Phi) is 2.13. The van der Waals surface area contributed by atoms with Crippen LogP contribution in [-0.4, -0.2) is 19.8 Å². The molecule has 0 heterocycles. The molecule has 0 aliphatic carbocycles. The summed E-state index contributed by atoms with van der Waals surface area (Å²) in [6, 6.07) is 0. The smallest absolute Gasteiger partial charge is 0.263 e. The normalized spacial score (nSPS) is 11.7. The fourth-order valence-electron chi connectivity index (χ4n) is 0.0563. The molecular formula is CH3FO4S. The summed E-state index contributed by atoms with van der Waals surface area (Å²) in [5.74, 6) is 0. The third-order valence-electron chi connectivity index (χ3n) is 0.193. The molecule has 0 unspecified atom stereocenters. The van der Waals surface area contributed by atoms with E-state index in [4.69, 9.17) is 4.55 Å². The molecule has 44 valence electrons. The quantitative estimate of drug-likeness (QED) is 0.523. The van der Waals surface area contributed by atoms with E-state index in [0.29, 0.717) is 0 Å². The third-order valence-corrected chi connectivity index (χ3v) is 0.580. The van der Waals surface area contributed by atoms with Crippen molar-refractivity contribution in [3.05, 3.63) is 0 Å². The molecule has 0 aromatic heterocycles. The minimum atomic E-state index is -4.55. The standard InChI is InChI=1S/CH3FO4S/c2-1-6-7(3,4)5/h1H2,(H,3,4,5). The third kappa shape index (κ3) is 5.80. The van der Waals surface area contributed by atoms with E-state index in [0.717, 1.165) is 0 Å². The monoisotopic (exact) mass is 130 g/mol. The Balaban J connectivity index is 3.60. The first kappa shape index (κ1) is 6.80. The van der Waals surface area contributed by atoms with Crippen molar-refractivity contribution in [1.82, 2.24) is 0 Å². The van der Waals surface area contributed by atoms with Gasteiger partial charge in [-0.15, -0.1) is 0 Å². The van der Waals surface area contributed by atoms with Crippen LogP contribution in [0.2, 0.25) is 0 Å². The van der Waals surface area contributed by atoms with Crippen molar-refractivity contribution in [2.45, 2.75) is 0 Å². The molecule has 4 nitrogen and oxygen atoms in total. The summed E-state index contributed by atoms with van der Waals surface area (Å²) < 4.78 is 40.0. The first-order chi connectivity index (χ1) is 3.06. The average molecular weight is 130 g/mol. The van der Waals surface area contributed by atoms with Gasteiger partial charge in [0.05, 0.1) is 0 Å². The highest BCUT2D eigenvalue weighted by molar-refractivity contribution is 7.80. The summed E-state index contributed by atoms with van der Waals surface area (Å²) >= 11 is 0. The molecule has 0 aliphatic rings. The van der Waals surface area contributed by atoms with Gasteiger partial charge in [0.2, 0.25) is 6.86 Å². The average Bonchev–Trinajstić information content (AvgIpc) is 1.30. The Morgan fingerprint density at radius 3 is 2.14 bits per heavy atom. The highest BCUT2D eigenvalue weighted by atomic mass is 32.3. The molecule has 7 heavy (non-hydrogen) atoms. The van der Waals surface area contributed by atoms with Crippen LogP contribution in [-0.2, 0) is 14.6 Å². The summed E-state index contributed by atoms with van der Waals surface area (Å²) in [6.45, 7) is -1.53. The van der Waals surface area contributed by atoms with Crippen LogP contribution in [0.15, 0.2) is 0 Å². The molecular weight excluding hydrogens is 127 g/mol. The van der Waals surface area contributed by atoms with Crippen LogP contribution in [0, 0.1) is 0 Å². The second-order valence-corrected chi connectivity index (χ2v) is 1.75. The molecule has 0 spiro atoms. The van der Waals surface area contributed by atoms with Gasteiger partial charge in [-0.1, -0.05) is 0 Å². The zero-order chi connectivity index (χ0) is 5.91. The van der Waals surface area contributed by atoms with Crippen LogP contribution in [0.5, 0.6) is 0 Å². The van der Waals surface area contributed by atoms with Crippen LogP contribution in [0.4, 0.5) is 4.39 Å².